The van der Waals surface area contributed by atoms with E-state index in [2.05, 4.69) is 50.6 Å². The zero-order valence-electron chi connectivity index (χ0n) is 15.8. The van der Waals surface area contributed by atoms with Gasteiger partial charge in [-0.25, -0.2) is 4.99 Å². The summed E-state index contributed by atoms with van der Waals surface area (Å²) >= 11 is 3.45. The summed E-state index contributed by atoms with van der Waals surface area (Å²) in [5.41, 5.74) is 1.53. The number of carbonyl (C=O) groups is 1. The van der Waals surface area contributed by atoms with Crippen LogP contribution in [-0.4, -0.2) is 44.0 Å². The van der Waals surface area contributed by atoms with Gasteiger partial charge in [-0.15, -0.1) is 24.0 Å². The number of nitrogens with one attached hydrogen (secondary N) is 2. The first-order valence-electron chi connectivity index (χ1n) is 8.91. The summed E-state index contributed by atoms with van der Waals surface area (Å²) in [6.07, 6.45) is 5.03. The lowest BCUT2D eigenvalue weighted by atomic mass is 9.67. The number of nitrogens with zero attached hydrogens (tertiary/aromatic N) is 2. The first kappa shape index (κ1) is 23.2. The van der Waals surface area contributed by atoms with Gasteiger partial charge in [0.2, 0.25) is 5.91 Å². The number of halogens is 2. The third-order valence-corrected chi connectivity index (χ3v) is 5.56. The Labute approximate surface area is 182 Å². The summed E-state index contributed by atoms with van der Waals surface area (Å²) in [7, 11) is 3.52. The van der Waals surface area contributed by atoms with Crippen LogP contribution in [0.1, 0.15) is 38.2 Å². The molecule has 2 N–H and O–H groups in total. The zero-order valence-corrected chi connectivity index (χ0v) is 19.8. The average molecular weight is 537 g/mol. The number of carbonyl (C=O) groups excluding carboxylic acids is 1. The van der Waals surface area contributed by atoms with Crippen molar-refractivity contribution < 1.29 is 4.79 Å². The van der Waals surface area contributed by atoms with Crippen molar-refractivity contribution in [2.45, 2.75) is 39.2 Å². The topological polar surface area (TPSA) is 56.7 Å². The smallest absolute Gasteiger partial charge is 0.241 e. The van der Waals surface area contributed by atoms with Crippen molar-refractivity contribution >= 4 is 51.8 Å². The summed E-state index contributed by atoms with van der Waals surface area (Å²) in [5, 5.41) is 6.61. The standard InChI is InChI=1S/C19H29BrN4O.HI/c1-4-19(10-5-11-19)14-23-18(22-13-17(25)24(2)3)21-12-15-6-8-16(20)9-7-15;/h6-9H,4-5,10-14H2,1-3H3,(H2,21,22,23);1H. The molecule has 5 nitrogen and oxygen atoms in total. The van der Waals surface area contributed by atoms with Gasteiger partial charge in [0.25, 0.3) is 0 Å². The number of amides is 1. The minimum atomic E-state index is 0. The van der Waals surface area contributed by atoms with Crippen LogP contribution in [0, 0.1) is 5.41 Å². The summed E-state index contributed by atoms with van der Waals surface area (Å²) in [6.45, 7) is 3.99. The lowest BCUT2D eigenvalue weighted by Crippen LogP contribution is -2.48. The molecule has 146 valence electrons. The van der Waals surface area contributed by atoms with E-state index in [1.165, 1.54) is 25.7 Å². The van der Waals surface area contributed by atoms with E-state index < -0.39 is 0 Å². The van der Waals surface area contributed by atoms with E-state index >= 15 is 0 Å². The highest BCUT2D eigenvalue weighted by molar-refractivity contribution is 14.0. The van der Waals surface area contributed by atoms with Gasteiger partial charge in [0, 0.05) is 25.1 Å². The maximum absolute atomic E-state index is 11.9. The SMILES string of the molecule is CCC1(CNC(=NCc2ccc(Br)cc2)NCC(=O)N(C)C)CCC1.I. The quantitative estimate of drug-likeness (QED) is 0.317. The van der Waals surface area contributed by atoms with Gasteiger partial charge in [-0.3, -0.25) is 4.79 Å². The van der Waals surface area contributed by atoms with Crippen LogP contribution < -0.4 is 10.6 Å². The molecule has 0 spiro atoms. The van der Waals surface area contributed by atoms with Gasteiger partial charge >= 0.3 is 0 Å². The molecule has 0 unspecified atom stereocenters. The lowest BCUT2D eigenvalue weighted by molar-refractivity contribution is -0.127. The Morgan fingerprint density at radius 1 is 1.23 bits per heavy atom. The van der Waals surface area contributed by atoms with Crippen molar-refractivity contribution in [3.8, 4) is 0 Å². The largest absolute Gasteiger partial charge is 0.356 e. The Kier molecular flexibility index (Phi) is 9.92. The first-order valence-corrected chi connectivity index (χ1v) is 9.70. The van der Waals surface area contributed by atoms with E-state index in [0.717, 1.165) is 16.6 Å². The Hall–Kier alpha value is -0.830. The Morgan fingerprint density at radius 2 is 1.88 bits per heavy atom. The number of rotatable bonds is 7. The van der Waals surface area contributed by atoms with E-state index in [1.807, 2.05) is 12.1 Å². The fourth-order valence-electron chi connectivity index (χ4n) is 2.86. The fraction of sp³-hybridized carbons (Fsp3) is 0.579. The molecule has 1 saturated carbocycles. The minimum Gasteiger partial charge on any atom is -0.356 e. The summed E-state index contributed by atoms with van der Waals surface area (Å²) in [5.74, 6) is 0.741. The molecule has 1 aromatic rings. The van der Waals surface area contributed by atoms with Crippen LogP contribution in [0.5, 0.6) is 0 Å². The molecule has 0 bridgehead atoms. The van der Waals surface area contributed by atoms with Crippen LogP contribution in [-0.2, 0) is 11.3 Å². The molecule has 0 atom stereocenters. The maximum Gasteiger partial charge on any atom is 0.241 e. The van der Waals surface area contributed by atoms with Crippen molar-refractivity contribution in [3.63, 3.8) is 0 Å². The van der Waals surface area contributed by atoms with E-state index in [0.29, 0.717) is 17.9 Å². The Bertz CT molecular complexity index is 595. The van der Waals surface area contributed by atoms with Crippen molar-refractivity contribution in [2.24, 2.45) is 10.4 Å². The highest BCUT2D eigenvalue weighted by Gasteiger charge is 2.34. The van der Waals surface area contributed by atoms with Crippen molar-refractivity contribution in [1.29, 1.82) is 0 Å². The van der Waals surface area contributed by atoms with Crippen LogP contribution in [0.15, 0.2) is 33.7 Å². The van der Waals surface area contributed by atoms with Crippen LogP contribution >= 0.6 is 39.9 Å². The molecule has 0 radical (unpaired) electrons. The molecular formula is C19H30BrIN4O. The number of hydrogen-bond acceptors (Lipinski definition) is 2. The number of aliphatic imine (C=N–C) groups is 1. The third-order valence-electron chi connectivity index (χ3n) is 5.03. The van der Waals surface area contributed by atoms with Gasteiger partial charge in [0.15, 0.2) is 5.96 Å². The van der Waals surface area contributed by atoms with Crippen molar-refractivity contribution in [3.05, 3.63) is 34.3 Å². The first-order chi connectivity index (χ1) is 11.9. The molecule has 0 aromatic heterocycles. The number of guanidine groups is 1. The van der Waals surface area contributed by atoms with Crippen LogP contribution in [0.2, 0.25) is 0 Å². The molecule has 1 amide bonds. The van der Waals surface area contributed by atoms with Gasteiger partial charge in [-0.1, -0.05) is 41.4 Å². The fourth-order valence-corrected chi connectivity index (χ4v) is 3.12. The normalized spacial score (nSPS) is 15.5. The number of likely N-dealkylation sites (N-methyl/N-ethyl adjacent to an activating group) is 1. The second-order valence-electron chi connectivity index (χ2n) is 6.99. The van der Waals surface area contributed by atoms with Crippen molar-refractivity contribution in [2.75, 3.05) is 27.2 Å². The third kappa shape index (κ3) is 7.06. The van der Waals surface area contributed by atoms with E-state index in [9.17, 15) is 4.79 Å². The van der Waals surface area contributed by atoms with Crippen LogP contribution in [0.25, 0.3) is 0 Å². The highest BCUT2D eigenvalue weighted by atomic mass is 127. The Balaban J connectivity index is 0.00000338. The second kappa shape index (κ2) is 11.1. The van der Waals surface area contributed by atoms with Gasteiger partial charge < -0.3 is 15.5 Å². The molecule has 26 heavy (non-hydrogen) atoms. The summed E-state index contributed by atoms with van der Waals surface area (Å²) < 4.78 is 1.06. The van der Waals surface area contributed by atoms with E-state index in [4.69, 9.17) is 0 Å². The molecule has 1 aliphatic rings. The maximum atomic E-state index is 11.9. The zero-order chi connectivity index (χ0) is 18.3. The van der Waals surface area contributed by atoms with Gasteiger partial charge in [0.1, 0.15) is 0 Å². The predicted molar refractivity (Wildman–Crippen MR) is 122 cm³/mol. The molecule has 7 heteroatoms. The van der Waals surface area contributed by atoms with Gasteiger partial charge in [0.05, 0.1) is 13.1 Å². The highest BCUT2D eigenvalue weighted by Crippen LogP contribution is 2.42. The summed E-state index contributed by atoms with van der Waals surface area (Å²) in [4.78, 5) is 18.1. The van der Waals surface area contributed by atoms with Crippen molar-refractivity contribution in [1.82, 2.24) is 15.5 Å². The van der Waals surface area contributed by atoms with Gasteiger partial charge in [-0.05, 0) is 42.4 Å². The molecule has 1 fully saturated rings. The Morgan fingerprint density at radius 3 is 2.38 bits per heavy atom. The molecule has 2 rings (SSSR count). The summed E-state index contributed by atoms with van der Waals surface area (Å²) in [6, 6.07) is 8.13. The monoisotopic (exact) mass is 536 g/mol. The molecule has 0 heterocycles. The molecule has 0 aliphatic heterocycles. The lowest BCUT2D eigenvalue weighted by Gasteiger charge is -2.41. The average Bonchev–Trinajstić information content (AvgIpc) is 2.56. The minimum absolute atomic E-state index is 0. The van der Waals surface area contributed by atoms with E-state index in [1.54, 1.807) is 19.0 Å². The van der Waals surface area contributed by atoms with E-state index in [-0.39, 0.29) is 36.4 Å². The molecular weight excluding hydrogens is 507 g/mol. The molecule has 0 saturated heterocycles. The predicted octanol–water partition coefficient (Wildman–Crippen LogP) is 3.77. The number of hydrogen-bond donors (Lipinski definition) is 2. The van der Waals surface area contributed by atoms with Crippen LogP contribution in [0.3, 0.4) is 0 Å². The molecule has 1 aliphatic carbocycles. The second-order valence-corrected chi connectivity index (χ2v) is 7.91. The van der Waals surface area contributed by atoms with Gasteiger partial charge in [-0.2, -0.15) is 0 Å². The molecule has 1 aromatic carbocycles. The number of benzene rings is 1. The van der Waals surface area contributed by atoms with Crippen LogP contribution in [0.4, 0.5) is 0 Å².